The molecule has 1 saturated carbocycles. The largest absolute Gasteiger partial charge is 0.469 e. The Morgan fingerprint density at radius 3 is 2.56 bits per heavy atom. The monoisotopic (exact) mass is 282 g/mol. The molecule has 86 valence electrons. The van der Waals surface area contributed by atoms with Crippen LogP contribution in [0.4, 0.5) is 0 Å². The number of esters is 1. The van der Waals surface area contributed by atoms with Crippen LogP contribution >= 0.6 is 15.9 Å². The van der Waals surface area contributed by atoms with E-state index in [2.05, 4.69) is 28.1 Å². The lowest BCUT2D eigenvalue weighted by Crippen LogP contribution is -2.10. The first-order valence-electron chi connectivity index (χ1n) is 5.53. The average molecular weight is 283 g/mol. The molecule has 1 atom stereocenters. The third-order valence-corrected chi connectivity index (χ3v) is 3.63. The summed E-state index contributed by atoms with van der Waals surface area (Å²) in [6.45, 7) is 0. The smallest absolute Gasteiger partial charge is 0.306 e. The fourth-order valence-corrected chi connectivity index (χ4v) is 2.29. The molecule has 2 rings (SSSR count). The van der Waals surface area contributed by atoms with Crippen molar-refractivity contribution in [3.63, 3.8) is 0 Å². The third kappa shape index (κ3) is 2.85. The Hall–Kier alpha value is -0.830. The molecule has 0 saturated heterocycles. The van der Waals surface area contributed by atoms with E-state index in [1.54, 1.807) is 0 Å². The van der Waals surface area contributed by atoms with Crippen molar-refractivity contribution in [2.45, 2.75) is 25.2 Å². The van der Waals surface area contributed by atoms with Crippen LogP contribution in [0.3, 0.4) is 0 Å². The Kier molecular flexibility index (Phi) is 3.64. The van der Waals surface area contributed by atoms with Gasteiger partial charge in [-0.25, -0.2) is 0 Å². The molecule has 0 radical (unpaired) electrons. The van der Waals surface area contributed by atoms with E-state index in [0.29, 0.717) is 18.3 Å². The highest BCUT2D eigenvalue weighted by atomic mass is 79.9. The maximum Gasteiger partial charge on any atom is 0.306 e. The number of methoxy groups -OCH3 is 1. The van der Waals surface area contributed by atoms with Crippen LogP contribution in [-0.2, 0) is 9.53 Å². The molecule has 0 N–H and O–H groups in total. The molecule has 1 aliphatic rings. The molecule has 1 aliphatic carbocycles. The van der Waals surface area contributed by atoms with Crippen molar-refractivity contribution in [3.8, 4) is 0 Å². The molecule has 1 aromatic carbocycles. The van der Waals surface area contributed by atoms with E-state index in [-0.39, 0.29) is 5.97 Å². The zero-order chi connectivity index (χ0) is 11.5. The quantitative estimate of drug-likeness (QED) is 0.790. The van der Waals surface area contributed by atoms with E-state index in [1.807, 2.05) is 12.1 Å². The first-order valence-corrected chi connectivity index (χ1v) is 6.32. The van der Waals surface area contributed by atoms with Gasteiger partial charge in [-0.1, -0.05) is 28.1 Å². The summed E-state index contributed by atoms with van der Waals surface area (Å²) >= 11 is 3.42. The van der Waals surface area contributed by atoms with Crippen LogP contribution in [0.5, 0.6) is 0 Å². The lowest BCUT2D eigenvalue weighted by molar-refractivity contribution is -0.141. The highest BCUT2D eigenvalue weighted by Gasteiger charge is 2.33. The Labute approximate surface area is 104 Å². The number of ether oxygens (including phenoxy) is 1. The Morgan fingerprint density at radius 1 is 1.44 bits per heavy atom. The first kappa shape index (κ1) is 11.6. The molecule has 0 amide bonds. The van der Waals surface area contributed by atoms with Crippen LogP contribution in [0.15, 0.2) is 28.7 Å². The van der Waals surface area contributed by atoms with Crippen molar-refractivity contribution in [2.75, 3.05) is 7.11 Å². The summed E-state index contributed by atoms with van der Waals surface area (Å²) in [5, 5.41) is 0. The van der Waals surface area contributed by atoms with Gasteiger partial charge in [-0.05, 0) is 42.4 Å². The zero-order valence-electron chi connectivity index (χ0n) is 9.28. The molecule has 16 heavy (non-hydrogen) atoms. The van der Waals surface area contributed by atoms with Crippen molar-refractivity contribution >= 4 is 21.9 Å². The summed E-state index contributed by atoms with van der Waals surface area (Å²) in [5.41, 5.74) is 1.25. The number of carbonyl (C=O) groups excluding carboxylic acids is 1. The lowest BCUT2D eigenvalue weighted by Gasteiger charge is -2.15. The summed E-state index contributed by atoms with van der Waals surface area (Å²) in [7, 11) is 1.45. The van der Waals surface area contributed by atoms with Crippen molar-refractivity contribution in [3.05, 3.63) is 34.3 Å². The van der Waals surface area contributed by atoms with Crippen LogP contribution < -0.4 is 0 Å². The fraction of sp³-hybridized carbons (Fsp3) is 0.462. The normalized spacial score (nSPS) is 16.9. The van der Waals surface area contributed by atoms with E-state index in [9.17, 15) is 4.79 Å². The van der Waals surface area contributed by atoms with Crippen molar-refractivity contribution in [2.24, 2.45) is 5.92 Å². The Morgan fingerprint density at radius 2 is 2.06 bits per heavy atom. The highest BCUT2D eigenvalue weighted by molar-refractivity contribution is 9.10. The van der Waals surface area contributed by atoms with Crippen LogP contribution in [0.1, 0.15) is 30.7 Å². The van der Waals surface area contributed by atoms with Gasteiger partial charge in [-0.3, -0.25) is 4.79 Å². The van der Waals surface area contributed by atoms with Crippen molar-refractivity contribution in [1.82, 2.24) is 0 Å². The summed E-state index contributed by atoms with van der Waals surface area (Å²) in [5.74, 6) is 0.889. The van der Waals surface area contributed by atoms with Gasteiger partial charge < -0.3 is 4.74 Å². The summed E-state index contributed by atoms with van der Waals surface area (Å²) in [6, 6.07) is 8.25. The number of hydrogen-bond acceptors (Lipinski definition) is 2. The molecule has 0 spiro atoms. The third-order valence-electron chi connectivity index (χ3n) is 3.10. The molecule has 3 heteroatoms. The first-order chi connectivity index (χ1) is 7.70. The van der Waals surface area contributed by atoms with Gasteiger partial charge in [-0.15, -0.1) is 0 Å². The molecule has 0 aromatic heterocycles. The van der Waals surface area contributed by atoms with Crippen LogP contribution in [0, 0.1) is 5.92 Å². The Bertz CT molecular complexity index is 368. The van der Waals surface area contributed by atoms with Gasteiger partial charge in [0.2, 0.25) is 0 Å². The van der Waals surface area contributed by atoms with E-state index < -0.39 is 0 Å². The maximum atomic E-state index is 11.4. The molecular weight excluding hydrogens is 268 g/mol. The predicted molar refractivity (Wildman–Crippen MR) is 66.2 cm³/mol. The molecule has 1 unspecified atom stereocenters. The van der Waals surface area contributed by atoms with Gasteiger partial charge in [0.15, 0.2) is 0 Å². The number of halogens is 1. The van der Waals surface area contributed by atoms with Crippen LogP contribution in [0.25, 0.3) is 0 Å². The molecule has 1 fully saturated rings. The second-order valence-electron chi connectivity index (χ2n) is 4.28. The van der Waals surface area contributed by atoms with E-state index in [4.69, 9.17) is 4.74 Å². The van der Waals surface area contributed by atoms with Crippen LogP contribution in [0.2, 0.25) is 0 Å². The molecule has 0 aliphatic heterocycles. The maximum absolute atomic E-state index is 11.4. The fourth-order valence-electron chi connectivity index (χ4n) is 2.03. The zero-order valence-corrected chi connectivity index (χ0v) is 10.9. The van der Waals surface area contributed by atoms with Gasteiger partial charge >= 0.3 is 5.97 Å². The highest BCUT2D eigenvalue weighted by Crippen LogP contribution is 2.44. The van der Waals surface area contributed by atoms with Gasteiger partial charge in [0.1, 0.15) is 0 Å². The van der Waals surface area contributed by atoms with Gasteiger partial charge in [-0.2, -0.15) is 0 Å². The standard InChI is InChI=1S/C13H15BrO2/c1-16-13(15)8-12(9-2-3-9)10-4-6-11(14)7-5-10/h4-7,9,12H,2-3,8H2,1H3. The molecule has 0 heterocycles. The number of carbonyl (C=O) groups is 1. The van der Waals surface area contributed by atoms with Crippen molar-refractivity contribution in [1.29, 1.82) is 0 Å². The summed E-state index contributed by atoms with van der Waals surface area (Å²) in [6.07, 6.45) is 2.97. The SMILES string of the molecule is COC(=O)CC(c1ccc(Br)cc1)C1CC1. The second kappa shape index (κ2) is 5.00. The second-order valence-corrected chi connectivity index (χ2v) is 5.19. The van der Waals surface area contributed by atoms with Gasteiger partial charge in [0.25, 0.3) is 0 Å². The molecule has 0 bridgehead atoms. The summed E-state index contributed by atoms with van der Waals surface area (Å²) in [4.78, 5) is 11.4. The van der Waals surface area contributed by atoms with E-state index in [0.717, 1.165) is 4.47 Å². The molecular formula is C13H15BrO2. The topological polar surface area (TPSA) is 26.3 Å². The van der Waals surface area contributed by atoms with Gasteiger partial charge in [0, 0.05) is 4.47 Å². The summed E-state index contributed by atoms with van der Waals surface area (Å²) < 4.78 is 5.83. The molecule has 1 aromatic rings. The lowest BCUT2D eigenvalue weighted by atomic mass is 9.91. The van der Waals surface area contributed by atoms with E-state index in [1.165, 1.54) is 25.5 Å². The predicted octanol–water partition coefficient (Wildman–Crippen LogP) is 3.51. The van der Waals surface area contributed by atoms with Crippen molar-refractivity contribution < 1.29 is 9.53 Å². The number of benzene rings is 1. The minimum absolute atomic E-state index is 0.111. The minimum Gasteiger partial charge on any atom is -0.469 e. The number of hydrogen-bond donors (Lipinski definition) is 0. The van der Waals surface area contributed by atoms with Crippen LogP contribution in [-0.4, -0.2) is 13.1 Å². The number of rotatable bonds is 4. The minimum atomic E-state index is -0.111. The van der Waals surface area contributed by atoms with Gasteiger partial charge in [0.05, 0.1) is 13.5 Å². The molecule has 2 nitrogen and oxygen atoms in total. The average Bonchev–Trinajstić information content (AvgIpc) is 3.11. The Balaban J connectivity index is 2.12. The van der Waals surface area contributed by atoms with E-state index >= 15 is 0 Å².